The number of hydrogen-bond acceptors (Lipinski definition) is 5. The Labute approximate surface area is 159 Å². The van der Waals surface area contributed by atoms with Gasteiger partial charge in [-0.25, -0.2) is 5.43 Å². The third kappa shape index (κ3) is 3.57. The number of aliphatic hydroxyl groups excluding tert-OH is 1. The van der Waals surface area contributed by atoms with Crippen molar-refractivity contribution in [2.45, 2.75) is 57.3 Å². The van der Waals surface area contributed by atoms with Gasteiger partial charge in [-0.1, -0.05) is 32.0 Å². The zero-order valence-corrected chi connectivity index (χ0v) is 15.9. The van der Waals surface area contributed by atoms with Crippen molar-refractivity contribution in [3.63, 3.8) is 0 Å². The van der Waals surface area contributed by atoms with E-state index in [1.165, 1.54) is 0 Å². The van der Waals surface area contributed by atoms with Crippen LogP contribution in [-0.4, -0.2) is 34.2 Å². The minimum atomic E-state index is -0.266. The molecular weight excluding hydrogens is 340 g/mol. The molecule has 6 nitrogen and oxygen atoms in total. The summed E-state index contributed by atoms with van der Waals surface area (Å²) in [5, 5.41) is 14.1. The Morgan fingerprint density at radius 2 is 2.11 bits per heavy atom. The van der Waals surface area contributed by atoms with Gasteiger partial charge >= 0.3 is 0 Å². The number of aliphatic hydroxyl groups is 1. The normalized spacial score (nSPS) is 31.4. The third-order valence-electron chi connectivity index (χ3n) is 6.20. The van der Waals surface area contributed by atoms with Crippen LogP contribution < -0.4 is 16.2 Å². The van der Waals surface area contributed by atoms with Gasteiger partial charge in [-0.05, 0) is 48.8 Å². The van der Waals surface area contributed by atoms with Crippen molar-refractivity contribution >= 4 is 16.8 Å². The predicted molar refractivity (Wildman–Crippen MR) is 105 cm³/mol. The Hall–Kier alpha value is -2.02. The van der Waals surface area contributed by atoms with E-state index in [2.05, 4.69) is 41.1 Å². The van der Waals surface area contributed by atoms with Crippen LogP contribution in [-0.2, 0) is 4.79 Å². The van der Waals surface area contributed by atoms with E-state index in [1.807, 2.05) is 30.5 Å². The van der Waals surface area contributed by atoms with E-state index in [9.17, 15) is 9.90 Å². The molecule has 2 aliphatic rings. The number of carbonyl (C=O) groups excluding carboxylic acids is 1. The van der Waals surface area contributed by atoms with Crippen molar-refractivity contribution in [3.8, 4) is 0 Å². The van der Waals surface area contributed by atoms with Crippen LogP contribution in [0, 0.1) is 11.8 Å². The number of nitrogens with zero attached hydrogens (tertiary/aromatic N) is 1. The lowest BCUT2D eigenvalue weighted by molar-refractivity contribution is -0.125. The fourth-order valence-corrected chi connectivity index (χ4v) is 4.35. The number of benzene rings is 1. The Balaban J connectivity index is 1.56. The molecule has 1 aromatic heterocycles. The molecule has 1 amide bonds. The first-order chi connectivity index (χ1) is 13.1. The first kappa shape index (κ1) is 18.3. The standard InChI is InChI=1S/C21H28N4O2/c1-3-17-12(2)19(25-24-17)21(27)23-20(14-9-16(26)10-14)15-8-13-6-4-5-7-18(13)22-11-15/h4-8,11-12,14,16-17,19-20,24-26H,3,9-10H2,1-2H3,(H,23,27). The SMILES string of the molecule is CCC1NNC(C(=O)NC(c2cnc3ccccc3c2)C2CC(O)C2)C1C. The summed E-state index contributed by atoms with van der Waals surface area (Å²) in [5.41, 5.74) is 8.33. The van der Waals surface area contributed by atoms with Gasteiger partial charge in [0.05, 0.1) is 17.7 Å². The smallest absolute Gasteiger partial charge is 0.239 e. The fraction of sp³-hybridized carbons (Fsp3) is 0.524. The molecule has 6 heteroatoms. The van der Waals surface area contributed by atoms with Crippen molar-refractivity contribution in [2.75, 3.05) is 0 Å². The van der Waals surface area contributed by atoms with Crippen LogP contribution in [0.4, 0.5) is 0 Å². The van der Waals surface area contributed by atoms with E-state index in [0.29, 0.717) is 18.9 Å². The highest BCUT2D eigenvalue weighted by molar-refractivity contribution is 5.83. The third-order valence-corrected chi connectivity index (χ3v) is 6.20. The summed E-state index contributed by atoms with van der Waals surface area (Å²) in [6.07, 6.45) is 3.99. The van der Waals surface area contributed by atoms with Crippen LogP contribution in [0.15, 0.2) is 36.5 Å². The Bertz CT molecular complexity index is 821. The van der Waals surface area contributed by atoms with Crippen LogP contribution in [0.2, 0.25) is 0 Å². The molecule has 4 N–H and O–H groups in total. The first-order valence-corrected chi connectivity index (χ1v) is 9.91. The molecule has 4 atom stereocenters. The van der Waals surface area contributed by atoms with Crippen molar-refractivity contribution < 1.29 is 9.90 Å². The van der Waals surface area contributed by atoms with E-state index in [0.717, 1.165) is 22.9 Å². The largest absolute Gasteiger partial charge is 0.393 e. The summed E-state index contributed by atoms with van der Waals surface area (Å²) >= 11 is 0. The fourth-order valence-electron chi connectivity index (χ4n) is 4.35. The minimum Gasteiger partial charge on any atom is -0.393 e. The molecule has 1 aliphatic carbocycles. The lowest BCUT2D eigenvalue weighted by Crippen LogP contribution is -2.49. The highest BCUT2D eigenvalue weighted by atomic mass is 16.3. The van der Waals surface area contributed by atoms with Crippen molar-refractivity contribution in [1.82, 2.24) is 21.2 Å². The molecule has 1 aromatic carbocycles. The number of para-hydroxylation sites is 1. The monoisotopic (exact) mass is 368 g/mol. The maximum atomic E-state index is 13.0. The summed E-state index contributed by atoms with van der Waals surface area (Å²) in [4.78, 5) is 17.6. The van der Waals surface area contributed by atoms with Gasteiger partial charge in [0.1, 0.15) is 6.04 Å². The van der Waals surface area contributed by atoms with E-state index < -0.39 is 0 Å². The van der Waals surface area contributed by atoms with Crippen molar-refractivity contribution in [1.29, 1.82) is 0 Å². The molecule has 144 valence electrons. The minimum absolute atomic E-state index is 0.00509. The van der Waals surface area contributed by atoms with Crippen LogP contribution in [0.5, 0.6) is 0 Å². The number of pyridine rings is 1. The second-order valence-electron chi connectivity index (χ2n) is 7.97. The average molecular weight is 368 g/mol. The number of aromatic nitrogens is 1. The van der Waals surface area contributed by atoms with Gasteiger partial charge in [-0.2, -0.15) is 0 Å². The van der Waals surface area contributed by atoms with Gasteiger partial charge in [0, 0.05) is 17.6 Å². The summed E-state index contributed by atoms with van der Waals surface area (Å²) in [7, 11) is 0. The maximum absolute atomic E-state index is 13.0. The summed E-state index contributed by atoms with van der Waals surface area (Å²) in [5.74, 6) is 0.460. The lowest BCUT2D eigenvalue weighted by Gasteiger charge is -2.38. The van der Waals surface area contributed by atoms with Gasteiger partial charge in [-0.3, -0.25) is 15.2 Å². The molecule has 0 bridgehead atoms. The molecule has 1 aliphatic heterocycles. The van der Waals surface area contributed by atoms with Gasteiger partial charge in [0.25, 0.3) is 0 Å². The molecule has 4 unspecified atom stereocenters. The Kier molecular flexibility index (Phi) is 5.12. The summed E-state index contributed by atoms with van der Waals surface area (Å²) < 4.78 is 0. The molecule has 2 heterocycles. The van der Waals surface area contributed by atoms with Crippen LogP contribution in [0.3, 0.4) is 0 Å². The van der Waals surface area contributed by atoms with E-state index in [-0.39, 0.29) is 35.9 Å². The van der Waals surface area contributed by atoms with E-state index >= 15 is 0 Å². The van der Waals surface area contributed by atoms with E-state index in [4.69, 9.17) is 0 Å². The Morgan fingerprint density at radius 1 is 1.33 bits per heavy atom. The molecule has 2 fully saturated rings. The van der Waals surface area contributed by atoms with Gasteiger partial charge < -0.3 is 10.4 Å². The highest BCUT2D eigenvalue weighted by Crippen LogP contribution is 2.38. The van der Waals surface area contributed by atoms with Crippen molar-refractivity contribution in [3.05, 3.63) is 42.1 Å². The highest BCUT2D eigenvalue weighted by Gasteiger charge is 2.40. The lowest BCUT2D eigenvalue weighted by atomic mass is 9.75. The Morgan fingerprint density at radius 3 is 2.81 bits per heavy atom. The first-order valence-electron chi connectivity index (χ1n) is 9.91. The molecular formula is C21H28N4O2. The van der Waals surface area contributed by atoms with Crippen LogP contribution in [0.1, 0.15) is 44.7 Å². The summed E-state index contributed by atoms with van der Waals surface area (Å²) in [6.45, 7) is 4.22. The molecule has 4 rings (SSSR count). The molecule has 2 aromatic rings. The van der Waals surface area contributed by atoms with Crippen LogP contribution in [0.25, 0.3) is 10.9 Å². The molecule has 1 saturated heterocycles. The number of amides is 1. The summed E-state index contributed by atoms with van der Waals surface area (Å²) in [6, 6.07) is 10.0. The molecule has 27 heavy (non-hydrogen) atoms. The van der Waals surface area contributed by atoms with Crippen molar-refractivity contribution in [2.24, 2.45) is 11.8 Å². The van der Waals surface area contributed by atoms with Gasteiger partial charge in [-0.15, -0.1) is 0 Å². The second-order valence-corrected chi connectivity index (χ2v) is 7.97. The molecule has 0 spiro atoms. The quantitative estimate of drug-likeness (QED) is 0.649. The predicted octanol–water partition coefficient (Wildman–Crippen LogP) is 2.05. The van der Waals surface area contributed by atoms with E-state index in [1.54, 1.807) is 0 Å². The molecule has 0 radical (unpaired) electrons. The number of fused-ring (bicyclic) bond motifs is 1. The molecule has 1 saturated carbocycles. The number of hydrogen-bond donors (Lipinski definition) is 4. The number of rotatable bonds is 5. The van der Waals surface area contributed by atoms with Gasteiger partial charge in [0.15, 0.2) is 0 Å². The maximum Gasteiger partial charge on any atom is 0.239 e. The average Bonchev–Trinajstić information content (AvgIpc) is 3.04. The number of nitrogens with one attached hydrogen (secondary N) is 3. The zero-order valence-electron chi connectivity index (χ0n) is 15.9. The van der Waals surface area contributed by atoms with Crippen LogP contribution >= 0.6 is 0 Å². The van der Waals surface area contributed by atoms with Gasteiger partial charge in [0.2, 0.25) is 5.91 Å². The zero-order chi connectivity index (χ0) is 19.0. The number of carbonyl (C=O) groups is 1. The topological polar surface area (TPSA) is 86.3 Å². The second kappa shape index (κ2) is 7.54. The number of hydrazine groups is 1.